The number of hydrogen-bond acceptors (Lipinski definition) is 3. The fraction of sp³-hybridized carbons (Fsp3) is 0.471. The van der Waals surface area contributed by atoms with Gasteiger partial charge in [0.1, 0.15) is 5.15 Å². The van der Waals surface area contributed by atoms with Gasteiger partial charge in [0, 0.05) is 37.6 Å². The summed E-state index contributed by atoms with van der Waals surface area (Å²) >= 11 is 5.82. The van der Waals surface area contributed by atoms with Gasteiger partial charge < -0.3 is 4.90 Å². The summed E-state index contributed by atoms with van der Waals surface area (Å²) in [5.41, 5.74) is 3.79. The fourth-order valence-corrected chi connectivity index (χ4v) is 2.87. The topological polar surface area (TPSA) is 51.0 Å². The second-order valence-electron chi connectivity index (χ2n) is 6.27. The summed E-state index contributed by atoms with van der Waals surface area (Å²) in [5, 5.41) is 4.85. The molecule has 3 rings (SSSR count). The summed E-state index contributed by atoms with van der Waals surface area (Å²) < 4.78 is 1.87. The zero-order valence-electron chi connectivity index (χ0n) is 13.7. The van der Waals surface area contributed by atoms with Crippen molar-refractivity contribution in [2.75, 3.05) is 6.54 Å². The van der Waals surface area contributed by atoms with Crippen LogP contribution in [0.25, 0.3) is 0 Å². The van der Waals surface area contributed by atoms with Crippen LogP contribution < -0.4 is 0 Å². The third-order valence-corrected chi connectivity index (χ3v) is 4.67. The number of pyridine rings is 1. The van der Waals surface area contributed by atoms with Crippen molar-refractivity contribution in [2.45, 2.75) is 33.2 Å². The zero-order chi connectivity index (χ0) is 16.6. The summed E-state index contributed by atoms with van der Waals surface area (Å²) in [7, 11) is 1.93. The van der Waals surface area contributed by atoms with E-state index in [-0.39, 0.29) is 5.91 Å². The highest BCUT2D eigenvalue weighted by Crippen LogP contribution is 2.31. The first-order valence-electron chi connectivity index (χ1n) is 7.85. The van der Waals surface area contributed by atoms with Gasteiger partial charge in [-0.3, -0.25) is 9.48 Å². The normalized spacial score (nSPS) is 14.1. The molecule has 2 aromatic heterocycles. The van der Waals surface area contributed by atoms with Crippen molar-refractivity contribution < 1.29 is 4.79 Å². The minimum absolute atomic E-state index is 0.00344. The van der Waals surface area contributed by atoms with E-state index in [4.69, 9.17) is 11.6 Å². The van der Waals surface area contributed by atoms with Crippen molar-refractivity contribution >= 4 is 17.5 Å². The molecule has 0 unspecified atom stereocenters. The Kier molecular flexibility index (Phi) is 4.39. The molecule has 0 aliphatic heterocycles. The Morgan fingerprint density at radius 1 is 1.39 bits per heavy atom. The lowest BCUT2D eigenvalue weighted by atomic mass is 10.1. The Labute approximate surface area is 141 Å². The monoisotopic (exact) mass is 332 g/mol. The maximum atomic E-state index is 12.9. The highest BCUT2D eigenvalue weighted by Gasteiger charge is 2.28. The molecule has 1 fully saturated rings. The molecule has 0 spiro atoms. The highest BCUT2D eigenvalue weighted by atomic mass is 35.5. The Morgan fingerprint density at radius 3 is 2.65 bits per heavy atom. The summed E-state index contributed by atoms with van der Waals surface area (Å²) in [6, 6.07) is 3.39. The predicted molar refractivity (Wildman–Crippen MR) is 89.4 cm³/mol. The van der Waals surface area contributed by atoms with Crippen LogP contribution in [0.1, 0.15) is 40.2 Å². The molecule has 2 aromatic rings. The van der Waals surface area contributed by atoms with Gasteiger partial charge in [0.25, 0.3) is 5.91 Å². The molecular formula is C17H21ClN4O. The molecule has 1 aliphatic carbocycles. The molecular weight excluding hydrogens is 312 g/mol. The first kappa shape index (κ1) is 16.0. The molecule has 0 aromatic carbocycles. The van der Waals surface area contributed by atoms with Crippen LogP contribution in [0, 0.1) is 19.8 Å². The van der Waals surface area contributed by atoms with E-state index in [0.29, 0.717) is 23.2 Å². The lowest BCUT2D eigenvalue weighted by Gasteiger charge is -2.23. The average Bonchev–Trinajstić information content (AvgIpc) is 3.30. The minimum Gasteiger partial charge on any atom is -0.334 e. The quantitative estimate of drug-likeness (QED) is 0.790. The van der Waals surface area contributed by atoms with Gasteiger partial charge in [0.2, 0.25) is 0 Å². The standard InChI is InChI=1S/C17H21ClN4O/c1-11-15(12(2)21(3)20-11)10-22(9-13-4-5-13)17(23)14-6-7-16(18)19-8-14/h6-8,13H,4-5,9-10H2,1-3H3. The van der Waals surface area contributed by atoms with E-state index in [1.807, 2.05) is 30.5 Å². The summed E-state index contributed by atoms with van der Waals surface area (Å²) in [6.45, 7) is 5.41. The molecule has 1 aliphatic rings. The largest absolute Gasteiger partial charge is 0.334 e. The van der Waals surface area contributed by atoms with Crippen LogP contribution in [0.2, 0.25) is 5.15 Å². The van der Waals surface area contributed by atoms with Gasteiger partial charge in [-0.25, -0.2) is 4.98 Å². The average molecular weight is 333 g/mol. The van der Waals surface area contributed by atoms with Crippen molar-refractivity contribution in [1.82, 2.24) is 19.7 Å². The van der Waals surface area contributed by atoms with Gasteiger partial charge in [0.05, 0.1) is 11.3 Å². The number of amides is 1. The number of carbonyl (C=O) groups is 1. The Balaban J connectivity index is 1.85. The SMILES string of the molecule is Cc1nn(C)c(C)c1CN(CC1CC1)C(=O)c1ccc(Cl)nc1. The maximum absolute atomic E-state index is 12.9. The number of hydrogen-bond donors (Lipinski definition) is 0. The summed E-state index contributed by atoms with van der Waals surface area (Å²) in [5.74, 6) is 0.625. The van der Waals surface area contributed by atoms with Crippen LogP contribution in [0.5, 0.6) is 0 Å². The van der Waals surface area contributed by atoms with Crippen molar-refractivity contribution in [3.05, 3.63) is 46.0 Å². The van der Waals surface area contributed by atoms with Crippen molar-refractivity contribution in [2.24, 2.45) is 13.0 Å². The maximum Gasteiger partial charge on any atom is 0.255 e. The van der Waals surface area contributed by atoms with E-state index in [2.05, 4.69) is 10.1 Å². The molecule has 5 nitrogen and oxygen atoms in total. The lowest BCUT2D eigenvalue weighted by molar-refractivity contribution is 0.0734. The van der Waals surface area contributed by atoms with Crippen molar-refractivity contribution in [3.63, 3.8) is 0 Å². The molecule has 1 amide bonds. The molecule has 0 bridgehead atoms. The fourth-order valence-electron chi connectivity index (χ4n) is 2.75. The molecule has 0 radical (unpaired) electrons. The van der Waals surface area contributed by atoms with E-state index in [1.54, 1.807) is 18.3 Å². The van der Waals surface area contributed by atoms with Gasteiger partial charge in [-0.2, -0.15) is 5.10 Å². The van der Waals surface area contributed by atoms with Gasteiger partial charge in [-0.15, -0.1) is 0 Å². The van der Waals surface area contributed by atoms with Gasteiger partial charge in [0.15, 0.2) is 0 Å². The van der Waals surface area contributed by atoms with Crippen LogP contribution in [0.4, 0.5) is 0 Å². The number of aryl methyl sites for hydroxylation is 2. The van der Waals surface area contributed by atoms with Crippen molar-refractivity contribution in [1.29, 1.82) is 0 Å². The number of rotatable bonds is 5. The molecule has 0 N–H and O–H groups in total. The molecule has 0 saturated heterocycles. The number of halogens is 1. The Bertz CT molecular complexity index is 719. The second kappa shape index (κ2) is 6.32. The van der Waals surface area contributed by atoms with Gasteiger partial charge in [-0.05, 0) is 44.7 Å². The molecule has 6 heteroatoms. The first-order valence-corrected chi connectivity index (χ1v) is 8.23. The zero-order valence-corrected chi connectivity index (χ0v) is 14.5. The molecule has 122 valence electrons. The van der Waals surface area contributed by atoms with E-state index < -0.39 is 0 Å². The van der Waals surface area contributed by atoms with Crippen LogP contribution in [-0.4, -0.2) is 32.1 Å². The highest BCUT2D eigenvalue weighted by molar-refractivity contribution is 6.29. The second-order valence-corrected chi connectivity index (χ2v) is 6.66. The van der Waals surface area contributed by atoms with Gasteiger partial charge in [-0.1, -0.05) is 11.6 Å². The summed E-state index contributed by atoms with van der Waals surface area (Å²) in [4.78, 5) is 18.8. The number of nitrogens with zero attached hydrogens (tertiary/aromatic N) is 4. The van der Waals surface area contributed by atoms with Crippen LogP contribution in [0.15, 0.2) is 18.3 Å². The van der Waals surface area contributed by atoms with E-state index in [9.17, 15) is 4.79 Å². The molecule has 2 heterocycles. The smallest absolute Gasteiger partial charge is 0.255 e. The van der Waals surface area contributed by atoms with E-state index >= 15 is 0 Å². The molecule has 23 heavy (non-hydrogen) atoms. The molecule has 1 saturated carbocycles. The van der Waals surface area contributed by atoms with E-state index in [1.165, 1.54) is 12.8 Å². The molecule has 0 atom stereocenters. The van der Waals surface area contributed by atoms with E-state index in [0.717, 1.165) is 23.5 Å². The number of carbonyl (C=O) groups excluding carboxylic acids is 1. The predicted octanol–water partition coefficient (Wildman–Crippen LogP) is 3.14. The van der Waals surface area contributed by atoms with Gasteiger partial charge >= 0.3 is 0 Å². The van der Waals surface area contributed by atoms with Crippen molar-refractivity contribution in [3.8, 4) is 0 Å². The first-order chi connectivity index (χ1) is 11.0. The van der Waals surface area contributed by atoms with Crippen LogP contribution >= 0.6 is 11.6 Å². The third kappa shape index (κ3) is 3.55. The summed E-state index contributed by atoms with van der Waals surface area (Å²) in [6.07, 6.45) is 3.95. The number of aromatic nitrogens is 3. The van der Waals surface area contributed by atoms with Crippen LogP contribution in [-0.2, 0) is 13.6 Å². The van der Waals surface area contributed by atoms with Crippen LogP contribution in [0.3, 0.4) is 0 Å². The minimum atomic E-state index is 0.00344. The Morgan fingerprint density at radius 2 is 2.13 bits per heavy atom. The lowest BCUT2D eigenvalue weighted by Crippen LogP contribution is -2.33. The Hall–Kier alpha value is -1.88. The third-order valence-electron chi connectivity index (χ3n) is 4.44.